The van der Waals surface area contributed by atoms with Crippen LogP contribution in [0.1, 0.15) is 50.2 Å². The maximum absolute atomic E-state index is 14.1. The van der Waals surface area contributed by atoms with Gasteiger partial charge in [-0.25, -0.2) is 8.42 Å². The second kappa shape index (κ2) is 14.4. The maximum Gasteiger partial charge on any atom is 0.264 e. The van der Waals surface area contributed by atoms with E-state index in [1.54, 1.807) is 55.5 Å². The Morgan fingerprint density at radius 2 is 1.57 bits per heavy atom. The lowest BCUT2D eigenvalue weighted by Gasteiger charge is -2.33. The average Bonchev–Trinajstić information content (AvgIpc) is 3.01. The molecule has 0 aromatic heterocycles. The van der Waals surface area contributed by atoms with Gasteiger partial charge in [-0.1, -0.05) is 67.3 Å². The largest absolute Gasteiger partial charge is 0.497 e. The summed E-state index contributed by atoms with van der Waals surface area (Å²) >= 11 is 0. The van der Waals surface area contributed by atoms with E-state index >= 15 is 0 Å². The Kier molecular flexibility index (Phi) is 10.6. The lowest BCUT2D eigenvalue weighted by atomic mass is 9.95. The van der Waals surface area contributed by atoms with E-state index < -0.39 is 28.5 Å². The summed E-state index contributed by atoms with van der Waals surface area (Å²) in [6.45, 7) is 3.40. The molecule has 42 heavy (non-hydrogen) atoms. The van der Waals surface area contributed by atoms with Crippen molar-refractivity contribution in [2.45, 2.75) is 69.4 Å². The fourth-order valence-corrected chi connectivity index (χ4v) is 6.67. The van der Waals surface area contributed by atoms with Crippen molar-refractivity contribution in [1.82, 2.24) is 10.2 Å². The summed E-state index contributed by atoms with van der Waals surface area (Å²) in [4.78, 5) is 29.0. The topological polar surface area (TPSA) is 96.0 Å². The first kappa shape index (κ1) is 31.1. The number of sulfonamides is 1. The van der Waals surface area contributed by atoms with Crippen molar-refractivity contribution in [2.75, 3.05) is 24.5 Å². The van der Waals surface area contributed by atoms with Gasteiger partial charge in [0.25, 0.3) is 10.0 Å². The van der Waals surface area contributed by atoms with Gasteiger partial charge in [0.1, 0.15) is 18.3 Å². The molecule has 1 aliphatic carbocycles. The Bertz CT molecular complexity index is 1420. The van der Waals surface area contributed by atoms with E-state index in [4.69, 9.17) is 4.74 Å². The Morgan fingerprint density at radius 1 is 0.929 bits per heavy atom. The van der Waals surface area contributed by atoms with Crippen LogP contribution in [0.4, 0.5) is 5.69 Å². The van der Waals surface area contributed by atoms with Crippen molar-refractivity contribution < 1.29 is 22.7 Å². The van der Waals surface area contributed by atoms with Crippen LogP contribution in [0.25, 0.3) is 0 Å². The summed E-state index contributed by atoms with van der Waals surface area (Å²) in [5.74, 6) is -0.111. The molecular formula is C33H41N3O5S. The average molecular weight is 592 g/mol. The number of amides is 2. The molecule has 3 aromatic rings. The summed E-state index contributed by atoms with van der Waals surface area (Å²) in [5.41, 5.74) is 2.27. The number of carbonyl (C=O) groups excluding carboxylic acids is 2. The van der Waals surface area contributed by atoms with Crippen molar-refractivity contribution in [3.8, 4) is 5.75 Å². The molecule has 3 aromatic carbocycles. The zero-order chi connectivity index (χ0) is 30.1. The van der Waals surface area contributed by atoms with E-state index in [0.717, 1.165) is 41.1 Å². The fourth-order valence-electron chi connectivity index (χ4n) is 5.25. The molecule has 0 aliphatic heterocycles. The molecule has 0 saturated heterocycles. The summed E-state index contributed by atoms with van der Waals surface area (Å²) in [7, 11) is -2.58. The number of aryl methyl sites for hydroxylation is 1. The number of ether oxygens (including phenoxy) is 1. The summed E-state index contributed by atoms with van der Waals surface area (Å²) in [5, 5.41) is 3.13. The monoisotopic (exact) mass is 591 g/mol. The quantitative estimate of drug-likeness (QED) is 0.316. The molecule has 1 saturated carbocycles. The van der Waals surface area contributed by atoms with Crippen LogP contribution in [0.15, 0.2) is 83.8 Å². The van der Waals surface area contributed by atoms with Crippen molar-refractivity contribution in [3.05, 3.63) is 90.0 Å². The number of nitrogens with one attached hydrogen (secondary N) is 1. The number of hydrogen-bond acceptors (Lipinski definition) is 5. The van der Waals surface area contributed by atoms with E-state index in [1.165, 1.54) is 18.4 Å². The zero-order valence-electron chi connectivity index (χ0n) is 24.7. The third-order valence-corrected chi connectivity index (χ3v) is 9.64. The Morgan fingerprint density at radius 3 is 2.19 bits per heavy atom. The molecule has 0 spiro atoms. The molecule has 8 nitrogen and oxygen atoms in total. The highest BCUT2D eigenvalue weighted by atomic mass is 32.2. The first-order chi connectivity index (χ1) is 20.2. The Balaban J connectivity index is 1.64. The van der Waals surface area contributed by atoms with E-state index in [2.05, 4.69) is 5.32 Å². The van der Waals surface area contributed by atoms with Crippen LogP contribution in [0.5, 0.6) is 5.75 Å². The van der Waals surface area contributed by atoms with Gasteiger partial charge in [-0.05, 0) is 75.1 Å². The summed E-state index contributed by atoms with van der Waals surface area (Å²) in [6.07, 6.45) is 5.70. The predicted octanol–water partition coefficient (Wildman–Crippen LogP) is 5.11. The van der Waals surface area contributed by atoms with Gasteiger partial charge < -0.3 is 15.0 Å². The van der Waals surface area contributed by atoms with Gasteiger partial charge in [0.2, 0.25) is 11.8 Å². The first-order valence-corrected chi connectivity index (χ1v) is 16.0. The SMILES string of the molecule is COc1ccc(N(CC(=O)N(CCc2ccccc2)[C@H](C)C(=O)NC2CCCCC2)S(=O)(=O)c2ccc(C)cc2)cc1. The number of methoxy groups -OCH3 is 1. The lowest BCUT2D eigenvalue weighted by Crippen LogP contribution is -2.53. The van der Waals surface area contributed by atoms with Crippen LogP contribution in [0.2, 0.25) is 0 Å². The van der Waals surface area contributed by atoms with Crippen molar-refractivity contribution in [2.24, 2.45) is 0 Å². The first-order valence-electron chi connectivity index (χ1n) is 14.6. The fraction of sp³-hybridized carbons (Fsp3) is 0.394. The highest BCUT2D eigenvalue weighted by Crippen LogP contribution is 2.27. The number of carbonyl (C=O) groups is 2. The molecule has 1 N–H and O–H groups in total. The molecule has 224 valence electrons. The number of hydrogen-bond donors (Lipinski definition) is 1. The van der Waals surface area contributed by atoms with Gasteiger partial charge in [0.05, 0.1) is 17.7 Å². The van der Waals surface area contributed by atoms with Crippen molar-refractivity contribution in [3.63, 3.8) is 0 Å². The van der Waals surface area contributed by atoms with Gasteiger partial charge in [-0.3, -0.25) is 13.9 Å². The van der Waals surface area contributed by atoms with Crippen LogP contribution in [-0.2, 0) is 26.0 Å². The van der Waals surface area contributed by atoms with Crippen LogP contribution in [-0.4, -0.2) is 57.4 Å². The minimum Gasteiger partial charge on any atom is -0.497 e. The lowest BCUT2D eigenvalue weighted by molar-refractivity contribution is -0.139. The summed E-state index contributed by atoms with van der Waals surface area (Å²) < 4.78 is 34.3. The third kappa shape index (κ3) is 7.91. The molecule has 1 fully saturated rings. The van der Waals surface area contributed by atoms with Crippen molar-refractivity contribution in [1.29, 1.82) is 0 Å². The summed E-state index contributed by atoms with van der Waals surface area (Å²) in [6, 6.07) is 22.1. The number of anilines is 1. The Labute approximate surface area is 249 Å². The predicted molar refractivity (Wildman–Crippen MR) is 165 cm³/mol. The number of rotatable bonds is 12. The molecule has 0 bridgehead atoms. The van der Waals surface area contributed by atoms with Crippen LogP contribution < -0.4 is 14.4 Å². The van der Waals surface area contributed by atoms with Crippen molar-refractivity contribution >= 4 is 27.5 Å². The second-order valence-corrected chi connectivity index (χ2v) is 12.7. The Hall–Kier alpha value is -3.85. The standard InChI is InChI=1S/C33H41N3O5S/c1-25-14-20-31(21-15-25)42(39,40)36(29-16-18-30(41-3)19-17-29)24-32(37)35(23-22-27-10-6-4-7-11-27)26(2)33(38)34-28-12-8-5-9-13-28/h4,6-7,10-11,14-21,26,28H,5,8-9,12-13,22-24H2,1-3H3,(H,34,38)/t26-/m1/s1. The normalized spacial score (nSPS) is 14.5. The minimum absolute atomic E-state index is 0.0793. The van der Waals surface area contributed by atoms with Gasteiger partial charge in [-0.15, -0.1) is 0 Å². The van der Waals surface area contributed by atoms with E-state index in [9.17, 15) is 18.0 Å². The van der Waals surface area contributed by atoms with Crippen LogP contribution in [0.3, 0.4) is 0 Å². The molecule has 4 rings (SSSR count). The molecular weight excluding hydrogens is 550 g/mol. The zero-order valence-corrected chi connectivity index (χ0v) is 25.5. The van der Waals surface area contributed by atoms with Crippen LogP contribution in [0, 0.1) is 6.92 Å². The smallest absolute Gasteiger partial charge is 0.264 e. The highest BCUT2D eigenvalue weighted by Gasteiger charge is 2.33. The van der Waals surface area contributed by atoms with E-state index in [-0.39, 0.29) is 23.4 Å². The maximum atomic E-state index is 14.1. The molecule has 9 heteroatoms. The van der Waals surface area contributed by atoms with E-state index in [1.807, 2.05) is 37.3 Å². The molecule has 2 amide bonds. The van der Waals surface area contributed by atoms with Gasteiger partial charge >= 0.3 is 0 Å². The van der Waals surface area contributed by atoms with Gasteiger partial charge in [-0.2, -0.15) is 0 Å². The molecule has 1 aliphatic rings. The molecule has 0 heterocycles. The second-order valence-electron chi connectivity index (χ2n) is 10.9. The highest BCUT2D eigenvalue weighted by molar-refractivity contribution is 7.92. The van der Waals surface area contributed by atoms with E-state index in [0.29, 0.717) is 17.9 Å². The third-order valence-electron chi connectivity index (χ3n) is 7.85. The minimum atomic E-state index is -4.11. The van der Waals surface area contributed by atoms with Gasteiger partial charge in [0, 0.05) is 12.6 Å². The van der Waals surface area contributed by atoms with Crippen LogP contribution >= 0.6 is 0 Å². The van der Waals surface area contributed by atoms with Gasteiger partial charge in [0.15, 0.2) is 0 Å². The molecule has 0 radical (unpaired) electrons. The number of nitrogens with zero attached hydrogens (tertiary/aromatic N) is 2. The molecule has 0 unspecified atom stereocenters. The number of benzene rings is 3. The molecule has 1 atom stereocenters.